The van der Waals surface area contributed by atoms with E-state index >= 15 is 0 Å². The highest BCUT2D eigenvalue weighted by atomic mass is 16.5. The molecule has 0 aliphatic carbocycles. The van der Waals surface area contributed by atoms with Crippen molar-refractivity contribution in [2.75, 3.05) is 43.5 Å². The third-order valence-corrected chi connectivity index (χ3v) is 4.82. The maximum absolute atomic E-state index is 5.25. The molecular weight excluding hydrogens is 352 g/mol. The molecule has 2 aromatic carbocycles. The molecular formula is C21H24N6O. The van der Waals surface area contributed by atoms with Crippen molar-refractivity contribution in [3.63, 3.8) is 0 Å². The van der Waals surface area contributed by atoms with E-state index in [1.165, 1.54) is 5.56 Å². The minimum Gasteiger partial charge on any atom is -0.497 e. The predicted octanol–water partition coefficient (Wildman–Crippen LogP) is 2.95. The van der Waals surface area contributed by atoms with Crippen LogP contribution in [-0.2, 0) is 6.54 Å². The lowest BCUT2D eigenvalue weighted by Gasteiger charge is -2.35. The molecule has 1 fully saturated rings. The smallest absolute Gasteiger partial charge is 0.249 e. The van der Waals surface area contributed by atoms with E-state index in [4.69, 9.17) is 4.74 Å². The number of ether oxygens (including phenoxy) is 1. The zero-order valence-corrected chi connectivity index (χ0v) is 16.0. The number of rotatable bonds is 6. The summed E-state index contributed by atoms with van der Waals surface area (Å²) in [7, 11) is 1.65. The molecule has 0 radical (unpaired) electrons. The number of hydrogen-bond acceptors (Lipinski definition) is 7. The standard InChI is InChI=1S/C21H24N6O/c1-28-19-9-5-8-18(14-19)23-21-24-20(15-22-25-21)27-12-10-26(11-13-27)16-17-6-3-2-4-7-17/h2-9,14-15H,10-13,16H2,1H3,(H,23,24,25). The molecule has 1 N–H and O–H groups in total. The monoisotopic (exact) mass is 376 g/mol. The summed E-state index contributed by atoms with van der Waals surface area (Å²) in [6.45, 7) is 4.82. The van der Waals surface area contributed by atoms with Crippen LogP contribution in [0.4, 0.5) is 17.5 Å². The van der Waals surface area contributed by atoms with Gasteiger partial charge in [-0.25, -0.2) is 0 Å². The molecule has 2 heterocycles. The Balaban J connectivity index is 1.37. The van der Waals surface area contributed by atoms with Gasteiger partial charge in [0.1, 0.15) is 5.75 Å². The van der Waals surface area contributed by atoms with Crippen molar-refractivity contribution in [1.29, 1.82) is 0 Å². The van der Waals surface area contributed by atoms with Crippen LogP contribution in [0.3, 0.4) is 0 Å². The van der Waals surface area contributed by atoms with E-state index in [-0.39, 0.29) is 0 Å². The molecule has 0 bridgehead atoms. The van der Waals surface area contributed by atoms with Crippen LogP contribution in [0.5, 0.6) is 5.75 Å². The highest BCUT2D eigenvalue weighted by Gasteiger charge is 2.19. The Morgan fingerprint density at radius 1 is 1.00 bits per heavy atom. The molecule has 4 rings (SSSR count). The van der Waals surface area contributed by atoms with Crippen molar-refractivity contribution in [1.82, 2.24) is 20.1 Å². The summed E-state index contributed by atoms with van der Waals surface area (Å²) < 4.78 is 5.25. The Labute approximate surface area is 165 Å². The Morgan fingerprint density at radius 2 is 1.82 bits per heavy atom. The number of benzene rings is 2. The van der Waals surface area contributed by atoms with Gasteiger partial charge in [-0.1, -0.05) is 36.4 Å². The first kappa shape index (κ1) is 18.2. The number of methoxy groups -OCH3 is 1. The van der Waals surface area contributed by atoms with Gasteiger partial charge in [-0.3, -0.25) is 4.90 Å². The average Bonchev–Trinajstić information content (AvgIpc) is 2.75. The summed E-state index contributed by atoms with van der Waals surface area (Å²) in [6.07, 6.45) is 1.73. The average molecular weight is 376 g/mol. The summed E-state index contributed by atoms with van der Waals surface area (Å²) in [4.78, 5) is 9.36. The molecule has 0 spiro atoms. The number of nitrogens with zero attached hydrogens (tertiary/aromatic N) is 5. The molecule has 1 aromatic heterocycles. The SMILES string of the molecule is COc1cccc(Nc2nncc(N3CCN(Cc4ccccc4)CC3)n2)c1. The van der Waals surface area contributed by atoms with E-state index in [0.29, 0.717) is 5.95 Å². The first-order valence-corrected chi connectivity index (χ1v) is 9.42. The second-order valence-corrected chi connectivity index (χ2v) is 6.74. The molecule has 0 unspecified atom stereocenters. The van der Waals surface area contributed by atoms with Crippen LogP contribution >= 0.6 is 0 Å². The molecule has 1 saturated heterocycles. The van der Waals surface area contributed by atoms with Crippen molar-refractivity contribution in [2.45, 2.75) is 6.54 Å². The van der Waals surface area contributed by atoms with Gasteiger partial charge in [-0.2, -0.15) is 10.1 Å². The van der Waals surface area contributed by atoms with Crippen LogP contribution in [0.15, 0.2) is 60.8 Å². The first-order chi connectivity index (χ1) is 13.8. The van der Waals surface area contributed by atoms with E-state index in [0.717, 1.165) is 50.0 Å². The van der Waals surface area contributed by atoms with Gasteiger partial charge >= 0.3 is 0 Å². The molecule has 144 valence electrons. The minimum atomic E-state index is 0.484. The predicted molar refractivity (Wildman–Crippen MR) is 110 cm³/mol. The quantitative estimate of drug-likeness (QED) is 0.709. The van der Waals surface area contributed by atoms with Crippen LogP contribution in [0.1, 0.15) is 5.56 Å². The summed E-state index contributed by atoms with van der Waals surface area (Å²) in [5.41, 5.74) is 2.22. The Bertz CT molecular complexity index is 896. The number of piperazine rings is 1. The zero-order valence-electron chi connectivity index (χ0n) is 16.0. The molecule has 7 heteroatoms. The fourth-order valence-corrected chi connectivity index (χ4v) is 3.31. The van der Waals surface area contributed by atoms with Crippen LogP contribution < -0.4 is 15.0 Å². The molecule has 1 aliphatic rings. The molecule has 7 nitrogen and oxygen atoms in total. The first-order valence-electron chi connectivity index (χ1n) is 9.42. The summed E-state index contributed by atoms with van der Waals surface area (Å²) >= 11 is 0. The Hall–Kier alpha value is -3.19. The Kier molecular flexibility index (Phi) is 5.63. The topological polar surface area (TPSA) is 66.4 Å². The van der Waals surface area contributed by atoms with E-state index in [1.807, 2.05) is 24.3 Å². The van der Waals surface area contributed by atoms with Crippen molar-refractivity contribution in [2.24, 2.45) is 0 Å². The van der Waals surface area contributed by atoms with Crippen molar-refractivity contribution in [3.8, 4) is 5.75 Å². The molecule has 3 aromatic rings. The normalized spacial score (nSPS) is 14.7. The second-order valence-electron chi connectivity index (χ2n) is 6.74. The van der Waals surface area contributed by atoms with Crippen molar-refractivity contribution in [3.05, 3.63) is 66.4 Å². The highest BCUT2D eigenvalue weighted by molar-refractivity contribution is 5.56. The van der Waals surface area contributed by atoms with Gasteiger partial charge in [0.2, 0.25) is 5.95 Å². The lowest BCUT2D eigenvalue weighted by atomic mass is 10.2. The molecule has 0 atom stereocenters. The maximum atomic E-state index is 5.25. The third-order valence-electron chi connectivity index (χ3n) is 4.82. The van der Waals surface area contributed by atoms with Crippen LogP contribution in [0, 0.1) is 0 Å². The largest absolute Gasteiger partial charge is 0.497 e. The van der Waals surface area contributed by atoms with Gasteiger partial charge in [0.25, 0.3) is 0 Å². The summed E-state index contributed by atoms with van der Waals surface area (Å²) in [5.74, 6) is 2.11. The Morgan fingerprint density at radius 3 is 2.61 bits per heavy atom. The molecule has 1 aliphatic heterocycles. The van der Waals surface area contributed by atoms with E-state index in [9.17, 15) is 0 Å². The fourth-order valence-electron chi connectivity index (χ4n) is 3.31. The second kappa shape index (κ2) is 8.67. The number of aromatic nitrogens is 3. The van der Waals surface area contributed by atoms with Crippen LogP contribution in [0.25, 0.3) is 0 Å². The number of anilines is 3. The zero-order chi connectivity index (χ0) is 19.2. The number of hydrogen-bond donors (Lipinski definition) is 1. The van der Waals surface area contributed by atoms with Crippen molar-refractivity contribution < 1.29 is 4.74 Å². The van der Waals surface area contributed by atoms with Gasteiger partial charge in [0.15, 0.2) is 5.82 Å². The van der Waals surface area contributed by atoms with E-state index < -0.39 is 0 Å². The number of nitrogens with one attached hydrogen (secondary N) is 1. The van der Waals surface area contributed by atoms with Crippen molar-refractivity contribution >= 4 is 17.5 Å². The lowest BCUT2D eigenvalue weighted by molar-refractivity contribution is 0.249. The summed E-state index contributed by atoms with van der Waals surface area (Å²) in [5, 5.41) is 11.4. The molecule has 0 amide bonds. The van der Waals surface area contributed by atoms with Crippen LogP contribution in [0.2, 0.25) is 0 Å². The maximum Gasteiger partial charge on any atom is 0.249 e. The fraction of sp³-hybridized carbons (Fsp3) is 0.286. The minimum absolute atomic E-state index is 0.484. The molecule has 28 heavy (non-hydrogen) atoms. The summed E-state index contributed by atoms with van der Waals surface area (Å²) in [6, 6.07) is 18.3. The van der Waals surface area contributed by atoms with E-state index in [2.05, 4.69) is 60.6 Å². The third kappa shape index (κ3) is 4.55. The van der Waals surface area contributed by atoms with Gasteiger partial charge in [0.05, 0.1) is 13.3 Å². The van der Waals surface area contributed by atoms with E-state index in [1.54, 1.807) is 13.3 Å². The molecule has 0 saturated carbocycles. The highest BCUT2D eigenvalue weighted by Crippen LogP contribution is 2.21. The lowest BCUT2D eigenvalue weighted by Crippen LogP contribution is -2.46. The van der Waals surface area contributed by atoms with Crippen LogP contribution in [-0.4, -0.2) is 53.4 Å². The van der Waals surface area contributed by atoms with Gasteiger partial charge in [-0.05, 0) is 17.7 Å². The van der Waals surface area contributed by atoms with Gasteiger partial charge in [0, 0.05) is 44.5 Å². The van der Waals surface area contributed by atoms with Gasteiger partial charge in [-0.15, -0.1) is 5.10 Å². The van der Waals surface area contributed by atoms with Gasteiger partial charge < -0.3 is 15.0 Å².